The van der Waals surface area contributed by atoms with Crippen LogP contribution in [0.15, 0.2) is 87.7 Å². The summed E-state index contributed by atoms with van der Waals surface area (Å²) in [6, 6.07) is 25.3. The Bertz CT molecular complexity index is 2750. The van der Waals surface area contributed by atoms with Crippen molar-refractivity contribution in [3.05, 3.63) is 78.9 Å². The molecule has 13 heteroatoms. The largest absolute Gasteiger partial charge is 0.494 e. The molecule has 9 rings (SSSR count). The summed E-state index contributed by atoms with van der Waals surface area (Å²) in [5.41, 5.74) is 4.94. The average molecular weight is 665 g/mol. The van der Waals surface area contributed by atoms with Crippen molar-refractivity contribution in [2.24, 2.45) is 0 Å². The van der Waals surface area contributed by atoms with E-state index in [0.29, 0.717) is 28.4 Å². The zero-order chi connectivity index (χ0) is 36.3. The Kier molecular flexibility index (Phi) is 7.28. The number of rotatable bonds is 4. The molecule has 52 heavy (non-hydrogen) atoms. The van der Waals surface area contributed by atoms with Crippen molar-refractivity contribution in [1.29, 1.82) is 0 Å². The van der Waals surface area contributed by atoms with Gasteiger partial charge < -0.3 is 18.1 Å². The molecule has 0 spiro atoms. The van der Waals surface area contributed by atoms with Gasteiger partial charge in [0.15, 0.2) is 17.5 Å². The number of benzene rings is 5. The van der Waals surface area contributed by atoms with Crippen LogP contribution in [0.4, 0.5) is 0 Å². The fraction of sp³-hybridized carbons (Fsp3) is 0.154. The molecule has 10 radical (unpaired) electrons. The number of para-hydroxylation sites is 1. The molecule has 0 aliphatic carbocycles. The number of aromatic nitrogens is 3. The van der Waals surface area contributed by atoms with Gasteiger partial charge in [-0.05, 0) is 63.5 Å². The second kappa shape index (κ2) is 11.5. The number of fused-ring (bicyclic) bond motifs is 6. The number of hydrogen-bond donors (Lipinski definition) is 0. The lowest BCUT2D eigenvalue weighted by molar-refractivity contribution is 0.00578. The van der Waals surface area contributed by atoms with Gasteiger partial charge in [-0.1, -0.05) is 59.5 Å². The van der Waals surface area contributed by atoms with Crippen LogP contribution >= 0.6 is 0 Å². The highest BCUT2D eigenvalue weighted by Crippen LogP contribution is 2.39. The molecule has 1 aliphatic heterocycles. The van der Waals surface area contributed by atoms with Gasteiger partial charge in [0.1, 0.15) is 61.6 Å². The topological polar surface area (TPSA) is 83.4 Å². The molecular weight excluding hydrogens is 639 g/mol. The zero-order valence-electron chi connectivity index (χ0n) is 28.9. The first-order chi connectivity index (χ1) is 24.8. The van der Waals surface area contributed by atoms with Gasteiger partial charge in [-0.3, -0.25) is 0 Å². The highest BCUT2D eigenvalue weighted by atomic mass is 16.7. The summed E-state index contributed by atoms with van der Waals surface area (Å²) in [5.74, 6) is 0.884. The van der Waals surface area contributed by atoms with Crippen LogP contribution in [0.1, 0.15) is 27.7 Å². The Hall–Kier alpha value is -4.98. The van der Waals surface area contributed by atoms with E-state index in [-0.39, 0.29) is 38.7 Å². The molecule has 238 valence electrons. The van der Waals surface area contributed by atoms with Crippen LogP contribution in [-0.4, -0.2) is 72.5 Å². The van der Waals surface area contributed by atoms with Gasteiger partial charge in [0.25, 0.3) is 0 Å². The Balaban J connectivity index is 1.23. The third kappa shape index (κ3) is 4.93. The molecule has 0 amide bonds. The van der Waals surface area contributed by atoms with Crippen LogP contribution in [0.25, 0.3) is 78.0 Å². The maximum absolute atomic E-state index is 6.53. The van der Waals surface area contributed by atoms with Crippen molar-refractivity contribution in [2.45, 2.75) is 38.9 Å². The van der Waals surface area contributed by atoms with Gasteiger partial charge in [0.2, 0.25) is 0 Å². The van der Waals surface area contributed by atoms with Crippen LogP contribution < -0.4 is 32.8 Å². The average Bonchev–Trinajstić information content (AvgIpc) is 3.76. The van der Waals surface area contributed by atoms with Crippen LogP contribution in [0.2, 0.25) is 0 Å². The summed E-state index contributed by atoms with van der Waals surface area (Å²) in [5, 5.41) is 3.61. The van der Waals surface area contributed by atoms with Crippen LogP contribution in [0, 0.1) is 0 Å². The van der Waals surface area contributed by atoms with Gasteiger partial charge in [0.05, 0.1) is 11.2 Å². The first-order valence-corrected chi connectivity index (χ1v) is 16.8. The Morgan fingerprint density at radius 3 is 1.88 bits per heavy atom. The molecule has 1 saturated heterocycles. The smallest absolute Gasteiger partial charge is 0.456 e. The molecule has 0 N–H and O–H groups in total. The fourth-order valence-electron chi connectivity index (χ4n) is 6.85. The van der Waals surface area contributed by atoms with Crippen LogP contribution in [0.5, 0.6) is 0 Å². The van der Waals surface area contributed by atoms with E-state index in [4.69, 9.17) is 72.3 Å². The van der Waals surface area contributed by atoms with Gasteiger partial charge >= 0.3 is 7.12 Å². The summed E-state index contributed by atoms with van der Waals surface area (Å²) < 4.78 is 25.2. The fourth-order valence-corrected chi connectivity index (χ4v) is 6.85. The molecular formula is C39H25B6N3O4. The van der Waals surface area contributed by atoms with Crippen molar-refractivity contribution in [2.75, 3.05) is 0 Å². The molecule has 3 aromatic heterocycles. The lowest BCUT2D eigenvalue weighted by atomic mass is 9.60. The van der Waals surface area contributed by atoms with E-state index in [1.807, 2.05) is 100 Å². The maximum Gasteiger partial charge on any atom is 0.494 e. The number of nitrogens with zero attached hydrogens (tertiary/aromatic N) is 3. The summed E-state index contributed by atoms with van der Waals surface area (Å²) >= 11 is 0. The number of hydrogen-bond acceptors (Lipinski definition) is 7. The lowest BCUT2D eigenvalue weighted by Crippen LogP contribution is -2.55. The second-order valence-electron chi connectivity index (χ2n) is 14.2. The molecule has 1 fully saturated rings. The summed E-state index contributed by atoms with van der Waals surface area (Å²) in [7, 11) is 31.3. The Labute approximate surface area is 307 Å². The van der Waals surface area contributed by atoms with Gasteiger partial charge in [-0.15, -0.1) is 16.4 Å². The SMILES string of the molecule is [B]c1c([B])c([B])c(-c2nc(-c3ccc4c(c3)oc3ccc(B5OC(C)(C)C(C)(C)O5)cc34)nc(-c3cccc4oc5ccccc5c34)n2)c([B])c1[B]. The van der Waals surface area contributed by atoms with Gasteiger partial charge in [0, 0.05) is 38.2 Å². The second-order valence-corrected chi connectivity index (χ2v) is 14.2. The molecule has 8 aromatic rings. The Morgan fingerprint density at radius 1 is 0.519 bits per heavy atom. The molecule has 7 nitrogen and oxygen atoms in total. The quantitative estimate of drug-likeness (QED) is 0.268. The summed E-state index contributed by atoms with van der Waals surface area (Å²) in [6.45, 7) is 8.15. The van der Waals surface area contributed by atoms with E-state index < -0.39 is 18.3 Å². The maximum atomic E-state index is 6.53. The first-order valence-electron chi connectivity index (χ1n) is 16.8. The summed E-state index contributed by atoms with van der Waals surface area (Å²) in [6.07, 6.45) is 0. The minimum Gasteiger partial charge on any atom is -0.456 e. The third-order valence-electron chi connectivity index (χ3n) is 10.5. The molecule has 0 bridgehead atoms. The standard InChI is InChI=1S/C39H25B6N3O4/c1-38(2)39(3,4)52-45(51-38)19-13-15-25-23(17-19)20-14-12-18(16-27(20)50-25)35-46-36(22-9-7-11-26-28(22)21-8-5-6-10-24(21)49-26)48-37(47-35)29-30(40)32(42)34(44)33(43)31(29)41/h5-17H,1-4H3. The van der Waals surface area contributed by atoms with Crippen molar-refractivity contribution >= 4 is 123 Å². The minimum atomic E-state index is -0.506. The van der Waals surface area contributed by atoms with E-state index in [9.17, 15) is 0 Å². The van der Waals surface area contributed by atoms with Gasteiger partial charge in [-0.25, -0.2) is 15.0 Å². The van der Waals surface area contributed by atoms with E-state index in [0.717, 1.165) is 43.7 Å². The zero-order valence-corrected chi connectivity index (χ0v) is 28.9. The molecule has 0 atom stereocenters. The predicted molar refractivity (Wildman–Crippen MR) is 213 cm³/mol. The first kappa shape index (κ1) is 32.9. The van der Waals surface area contributed by atoms with E-state index in [1.54, 1.807) is 0 Å². The van der Waals surface area contributed by atoms with Crippen molar-refractivity contribution in [3.8, 4) is 34.2 Å². The van der Waals surface area contributed by atoms with Crippen molar-refractivity contribution < 1.29 is 18.1 Å². The molecule has 5 aromatic carbocycles. The van der Waals surface area contributed by atoms with E-state index in [2.05, 4.69) is 6.07 Å². The lowest BCUT2D eigenvalue weighted by Gasteiger charge is -2.32. The minimum absolute atomic E-state index is 0.0942. The van der Waals surface area contributed by atoms with Crippen molar-refractivity contribution in [1.82, 2.24) is 15.0 Å². The normalized spacial score (nSPS) is 15.4. The highest BCUT2D eigenvalue weighted by molar-refractivity contribution is 6.68. The van der Waals surface area contributed by atoms with Gasteiger partial charge in [-0.2, -0.15) is 0 Å². The molecule has 1 aliphatic rings. The molecule has 0 saturated carbocycles. The summed E-state index contributed by atoms with van der Waals surface area (Å²) in [4.78, 5) is 14.8. The highest BCUT2D eigenvalue weighted by Gasteiger charge is 2.51. The predicted octanol–water partition coefficient (Wildman–Crippen LogP) is 2.94. The monoisotopic (exact) mass is 665 g/mol. The van der Waals surface area contributed by atoms with Crippen molar-refractivity contribution in [3.63, 3.8) is 0 Å². The Morgan fingerprint density at radius 2 is 1.13 bits per heavy atom. The molecule has 4 heterocycles. The van der Waals surface area contributed by atoms with E-state index >= 15 is 0 Å². The van der Waals surface area contributed by atoms with E-state index in [1.165, 1.54) is 0 Å². The third-order valence-corrected chi connectivity index (χ3v) is 10.5. The van der Waals surface area contributed by atoms with Crippen LogP contribution in [-0.2, 0) is 9.31 Å². The number of furan rings is 2. The molecule has 0 unspecified atom stereocenters. The van der Waals surface area contributed by atoms with Crippen LogP contribution in [0.3, 0.4) is 0 Å².